The lowest BCUT2D eigenvalue weighted by molar-refractivity contribution is -0.152. The molecular weight excluding hydrogens is 262 g/mol. The third-order valence-electron chi connectivity index (χ3n) is 2.83. The van der Waals surface area contributed by atoms with E-state index in [-0.39, 0.29) is 13.2 Å². The Morgan fingerprint density at radius 1 is 1.15 bits per heavy atom. The van der Waals surface area contributed by atoms with Crippen molar-refractivity contribution < 1.29 is 19.1 Å². The van der Waals surface area contributed by atoms with Crippen molar-refractivity contribution in [3.05, 3.63) is 0 Å². The minimum atomic E-state index is -1.78. The van der Waals surface area contributed by atoms with Crippen molar-refractivity contribution in [3.8, 4) is 0 Å². The van der Waals surface area contributed by atoms with Gasteiger partial charge in [-0.15, -0.1) is 0 Å². The number of alkyl carbamates (subject to hydrolysis) is 1. The van der Waals surface area contributed by atoms with E-state index in [4.69, 9.17) is 20.9 Å². The zero-order valence-electron chi connectivity index (χ0n) is 12.6. The normalized spacial score (nSPS) is 15.1. The van der Waals surface area contributed by atoms with E-state index in [1.807, 2.05) is 13.8 Å². The summed E-state index contributed by atoms with van der Waals surface area (Å²) in [6.07, 6.45) is 2.47. The first-order valence-corrected chi connectivity index (χ1v) is 7.05. The fourth-order valence-electron chi connectivity index (χ4n) is 1.29. The van der Waals surface area contributed by atoms with Gasteiger partial charge in [-0.25, -0.2) is 9.59 Å². The largest absolute Gasteiger partial charge is 0.463 e. The molecule has 7 nitrogen and oxygen atoms in total. The maximum Gasteiger partial charge on any atom is 0.409 e. The summed E-state index contributed by atoms with van der Waals surface area (Å²) in [5, 5.41) is 2.30. The summed E-state index contributed by atoms with van der Waals surface area (Å²) in [6, 6.07) is -0.810. The standard InChI is InChI=1S/C13H27N3O4/c1-4-6-8-19-11(17)13(15,10(3)14)16-12(18)20-9-7-5-2/h10H,4-9,14-15H2,1-3H3,(H,16,18). The first-order chi connectivity index (χ1) is 9.38. The number of unbranched alkanes of at least 4 members (excludes halogenated alkanes) is 2. The van der Waals surface area contributed by atoms with Crippen LogP contribution in [0.4, 0.5) is 4.79 Å². The molecule has 0 aromatic rings. The third-order valence-corrected chi connectivity index (χ3v) is 2.83. The number of carbonyl (C=O) groups excluding carboxylic acids is 2. The highest BCUT2D eigenvalue weighted by atomic mass is 16.6. The van der Waals surface area contributed by atoms with Crippen LogP contribution in [0.15, 0.2) is 0 Å². The number of amides is 1. The van der Waals surface area contributed by atoms with E-state index in [1.54, 1.807) is 0 Å². The van der Waals surface area contributed by atoms with Crippen molar-refractivity contribution in [2.75, 3.05) is 13.2 Å². The SMILES string of the molecule is CCCCOC(=O)NC(N)(C(=O)OCCCC)C(C)N. The van der Waals surface area contributed by atoms with Crippen molar-refractivity contribution in [2.24, 2.45) is 11.5 Å². The number of ether oxygens (including phenoxy) is 2. The molecule has 118 valence electrons. The number of hydrogen-bond donors (Lipinski definition) is 3. The number of nitrogens with one attached hydrogen (secondary N) is 1. The van der Waals surface area contributed by atoms with Gasteiger partial charge < -0.3 is 15.2 Å². The number of nitrogens with two attached hydrogens (primary N) is 2. The summed E-state index contributed by atoms with van der Waals surface area (Å²) in [5.41, 5.74) is 9.76. The van der Waals surface area contributed by atoms with Crippen LogP contribution in [-0.4, -0.2) is 37.0 Å². The number of hydrogen-bond acceptors (Lipinski definition) is 6. The van der Waals surface area contributed by atoms with Gasteiger partial charge in [0.2, 0.25) is 5.66 Å². The van der Waals surface area contributed by atoms with Gasteiger partial charge in [0.25, 0.3) is 0 Å². The Hall–Kier alpha value is -1.34. The molecule has 0 fully saturated rings. The molecule has 2 unspecified atom stereocenters. The van der Waals surface area contributed by atoms with Crippen molar-refractivity contribution >= 4 is 12.1 Å². The average Bonchev–Trinajstić information content (AvgIpc) is 2.38. The molecule has 5 N–H and O–H groups in total. The van der Waals surface area contributed by atoms with Gasteiger partial charge in [0.15, 0.2) is 0 Å². The fourth-order valence-corrected chi connectivity index (χ4v) is 1.29. The highest BCUT2D eigenvalue weighted by Crippen LogP contribution is 2.06. The molecule has 0 saturated carbocycles. The Kier molecular flexibility index (Phi) is 8.91. The van der Waals surface area contributed by atoms with Crippen molar-refractivity contribution in [2.45, 2.75) is 58.2 Å². The molecule has 0 bridgehead atoms. The molecule has 1 amide bonds. The van der Waals surface area contributed by atoms with Crippen LogP contribution in [-0.2, 0) is 14.3 Å². The smallest absolute Gasteiger partial charge is 0.409 e. The van der Waals surface area contributed by atoms with Gasteiger partial charge in [-0.3, -0.25) is 11.1 Å². The van der Waals surface area contributed by atoms with Gasteiger partial charge in [0.1, 0.15) is 0 Å². The van der Waals surface area contributed by atoms with Gasteiger partial charge in [-0.2, -0.15) is 0 Å². The molecule has 7 heteroatoms. The molecule has 0 aromatic heterocycles. The lowest BCUT2D eigenvalue weighted by Crippen LogP contribution is -2.70. The zero-order valence-corrected chi connectivity index (χ0v) is 12.6. The van der Waals surface area contributed by atoms with E-state index < -0.39 is 23.8 Å². The average molecular weight is 289 g/mol. The van der Waals surface area contributed by atoms with E-state index in [0.717, 1.165) is 25.7 Å². The number of carbonyl (C=O) groups is 2. The van der Waals surface area contributed by atoms with Crippen molar-refractivity contribution in [3.63, 3.8) is 0 Å². The quantitative estimate of drug-likeness (QED) is 0.329. The van der Waals surface area contributed by atoms with Crippen molar-refractivity contribution in [1.82, 2.24) is 5.32 Å². The van der Waals surface area contributed by atoms with Crippen LogP contribution >= 0.6 is 0 Å². The number of esters is 1. The zero-order chi connectivity index (χ0) is 15.6. The lowest BCUT2D eigenvalue weighted by atomic mass is 10.0. The Labute approximate surface area is 120 Å². The second-order valence-corrected chi connectivity index (χ2v) is 4.76. The van der Waals surface area contributed by atoms with Gasteiger partial charge in [-0.1, -0.05) is 26.7 Å². The van der Waals surface area contributed by atoms with E-state index in [2.05, 4.69) is 5.32 Å². The summed E-state index contributed by atoms with van der Waals surface area (Å²) < 4.78 is 9.93. The van der Waals surface area contributed by atoms with Crippen LogP contribution in [0.25, 0.3) is 0 Å². The van der Waals surface area contributed by atoms with Crippen molar-refractivity contribution in [1.29, 1.82) is 0 Å². The molecule has 0 rings (SSSR count). The van der Waals surface area contributed by atoms with Gasteiger partial charge in [0, 0.05) is 6.04 Å². The molecule has 0 heterocycles. The maximum atomic E-state index is 11.9. The van der Waals surface area contributed by atoms with Gasteiger partial charge >= 0.3 is 12.1 Å². The summed E-state index contributed by atoms with van der Waals surface area (Å²) >= 11 is 0. The summed E-state index contributed by atoms with van der Waals surface area (Å²) in [7, 11) is 0. The Morgan fingerprint density at radius 3 is 2.10 bits per heavy atom. The van der Waals surface area contributed by atoms with E-state index >= 15 is 0 Å². The van der Waals surface area contributed by atoms with Gasteiger partial charge in [-0.05, 0) is 19.8 Å². The summed E-state index contributed by atoms with van der Waals surface area (Å²) in [4.78, 5) is 23.5. The van der Waals surface area contributed by atoms with Crippen LogP contribution in [0, 0.1) is 0 Å². The predicted molar refractivity (Wildman–Crippen MR) is 75.8 cm³/mol. The molecule has 0 aliphatic carbocycles. The molecule has 0 aliphatic heterocycles. The van der Waals surface area contributed by atoms with Crippen LogP contribution in [0.2, 0.25) is 0 Å². The minimum absolute atomic E-state index is 0.244. The Balaban J connectivity index is 4.50. The fraction of sp³-hybridized carbons (Fsp3) is 0.846. The monoisotopic (exact) mass is 289 g/mol. The van der Waals surface area contributed by atoms with Crippen LogP contribution in [0.1, 0.15) is 46.5 Å². The molecule has 0 aliphatic rings. The lowest BCUT2D eigenvalue weighted by Gasteiger charge is -2.31. The van der Waals surface area contributed by atoms with E-state index in [0.29, 0.717) is 0 Å². The van der Waals surface area contributed by atoms with Crippen LogP contribution in [0.3, 0.4) is 0 Å². The summed E-state index contributed by atoms with van der Waals surface area (Å²) in [5.74, 6) is -0.756. The molecule has 0 spiro atoms. The second kappa shape index (κ2) is 9.55. The Morgan fingerprint density at radius 2 is 1.65 bits per heavy atom. The molecular formula is C13H27N3O4. The molecule has 0 radical (unpaired) electrons. The third kappa shape index (κ3) is 6.21. The minimum Gasteiger partial charge on any atom is -0.463 e. The summed E-state index contributed by atoms with van der Waals surface area (Å²) in [6.45, 7) is 5.98. The first-order valence-electron chi connectivity index (χ1n) is 7.05. The first kappa shape index (κ1) is 18.7. The Bertz CT molecular complexity index is 310. The van der Waals surface area contributed by atoms with E-state index in [1.165, 1.54) is 6.92 Å². The number of rotatable bonds is 9. The highest BCUT2D eigenvalue weighted by Gasteiger charge is 2.41. The van der Waals surface area contributed by atoms with Gasteiger partial charge in [0.05, 0.1) is 13.2 Å². The van der Waals surface area contributed by atoms with Crippen LogP contribution in [0.5, 0.6) is 0 Å². The molecule has 2 atom stereocenters. The highest BCUT2D eigenvalue weighted by molar-refractivity contribution is 5.85. The maximum absolute atomic E-state index is 11.9. The molecule has 0 aromatic carbocycles. The second-order valence-electron chi connectivity index (χ2n) is 4.76. The molecule has 0 saturated heterocycles. The van der Waals surface area contributed by atoms with Crippen LogP contribution < -0.4 is 16.8 Å². The van der Waals surface area contributed by atoms with E-state index in [9.17, 15) is 9.59 Å². The topological polar surface area (TPSA) is 117 Å². The predicted octanol–water partition coefficient (Wildman–Crippen LogP) is 0.858. The molecule has 20 heavy (non-hydrogen) atoms.